The molecule has 16 heteroatoms. The summed E-state index contributed by atoms with van der Waals surface area (Å²) in [6.07, 6.45) is 7.28. The molecule has 5 rings (SSSR count). The number of aliphatic carboxylic acids is 1. The number of halogens is 1. The highest BCUT2D eigenvalue weighted by molar-refractivity contribution is 8.03. The van der Waals surface area contributed by atoms with Crippen LogP contribution in [0.3, 0.4) is 0 Å². The van der Waals surface area contributed by atoms with Crippen molar-refractivity contribution >= 4 is 73.3 Å². The number of fused-ring (bicyclic) bond motifs is 2. The molecule has 0 radical (unpaired) electrons. The van der Waals surface area contributed by atoms with E-state index in [-0.39, 0.29) is 22.2 Å². The highest BCUT2D eigenvalue weighted by atomic mass is 32.2. The monoisotopic (exact) mass is 576 g/mol. The molecule has 5 heterocycles. The number of rotatable bonds is 9. The van der Waals surface area contributed by atoms with Gasteiger partial charge < -0.3 is 21.0 Å². The second-order valence-corrected chi connectivity index (χ2v) is 10.8. The van der Waals surface area contributed by atoms with E-state index in [0.29, 0.717) is 17.2 Å². The smallest absolute Gasteiger partial charge is 0.353 e. The molecule has 2 aliphatic heterocycles. The van der Waals surface area contributed by atoms with Crippen molar-refractivity contribution in [2.75, 3.05) is 18.3 Å². The predicted molar refractivity (Wildman–Crippen MR) is 139 cm³/mol. The summed E-state index contributed by atoms with van der Waals surface area (Å²) in [6.45, 7) is -0.794. The molecule has 0 bridgehead atoms. The third kappa shape index (κ3) is 4.97. The van der Waals surface area contributed by atoms with Crippen LogP contribution in [0.4, 0.5) is 9.52 Å². The highest BCUT2D eigenvalue weighted by Gasteiger charge is 2.54. The summed E-state index contributed by atoms with van der Waals surface area (Å²) < 4.78 is 15.5. The fourth-order valence-corrected chi connectivity index (χ4v) is 6.39. The number of carbonyl (C=O) groups excluding carboxylic acids is 2. The molecule has 0 saturated carbocycles. The summed E-state index contributed by atoms with van der Waals surface area (Å²) in [5, 5.41) is 17.5. The summed E-state index contributed by atoms with van der Waals surface area (Å²) in [7, 11) is 0. The number of carboxylic acid groups (broad SMARTS) is 1. The molecule has 0 aliphatic carbocycles. The summed E-state index contributed by atoms with van der Waals surface area (Å²) in [5.74, 6) is -2.32. The number of hydrogen-bond donors (Lipinski definition) is 3. The van der Waals surface area contributed by atoms with Crippen LogP contribution in [0.15, 0.2) is 57.3 Å². The zero-order chi connectivity index (χ0) is 26.8. The number of hydrogen-bond acceptors (Lipinski definition) is 11. The summed E-state index contributed by atoms with van der Waals surface area (Å²) in [4.78, 5) is 52.2. The average Bonchev–Trinajstić information content (AvgIpc) is 3.55. The predicted octanol–water partition coefficient (Wildman–Crippen LogP) is 1.27. The molecule has 12 nitrogen and oxygen atoms in total. The number of nitrogens with one attached hydrogen (secondary N) is 1. The topological polar surface area (TPSA) is 164 Å². The first-order valence-electron chi connectivity index (χ1n) is 11.0. The zero-order valence-corrected chi connectivity index (χ0v) is 21.8. The van der Waals surface area contributed by atoms with Crippen molar-refractivity contribution in [3.8, 4) is 0 Å². The van der Waals surface area contributed by atoms with E-state index in [1.165, 1.54) is 22.0 Å². The van der Waals surface area contributed by atoms with Crippen LogP contribution in [-0.4, -0.2) is 68.2 Å². The fraction of sp³-hybridized carbons (Fsp3) is 0.227. The number of β-lactam (4-membered cyclic amide) rings is 1. The van der Waals surface area contributed by atoms with Crippen molar-refractivity contribution in [3.63, 3.8) is 0 Å². The maximum atomic E-state index is 13.0. The summed E-state index contributed by atoms with van der Waals surface area (Å²) in [5.41, 5.74) is 7.80. The number of carboxylic acids is 1. The van der Waals surface area contributed by atoms with Gasteiger partial charge >= 0.3 is 5.97 Å². The number of oxime groups is 1. The van der Waals surface area contributed by atoms with Gasteiger partial charge in [-0.05, 0) is 12.2 Å². The van der Waals surface area contributed by atoms with Gasteiger partial charge in [0, 0.05) is 22.1 Å². The Balaban J connectivity index is 1.30. The molecular weight excluding hydrogens is 557 g/mol. The fourth-order valence-electron chi connectivity index (χ4n) is 3.99. The molecule has 1 fully saturated rings. The Kier molecular flexibility index (Phi) is 7.35. The number of amides is 2. The number of allylic oxidation sites excluding steroid dienone is 2. The minimum Gasteiger partial charge on any atom is -0.477 e. The maximum Gasteiger partial charge on any atom is 0.353 e. The number of nitrogens with zero attached hydrogens (tertiary/aromatic N) is 5. The number of carbonyl (C=O) groups is 3. The summed E-state index contributed by atoms with van der Waals surface area (Å²) >= 11 is 3.86. The van der Waals surface area contributed by atoms with E-state index in [1.54, 1.807) is 29.0 Å². The molecule has 1 saturated heterocycles. The van der Waals surface area contributed by atoms with Crippen molar-refractivity contribution in [1.29, 1.82) is 0 Å². The van der Waals surface area contributed by atoms with Gasteiger partial charge in [0.15, 0.2) is 29.8 Å². The standard InChI is InChI=1S/C22H18FN7O5S3/c23-9-35-28-16(12-7-37-22(24)26-12)19(31)27-17-13-8-36-15(18(21(33)34)30(13)20(17)32)2-1-4-29-5-3-14-11(6-29)25-10-38-14/h1-3,5-7,10,13,17H,4,8-9H2,(H3-,24,26,27,31,33,34)/p+1/b2-1+,28-16?. The van der Waals surface area contributed by atoms with Crippen LogP contribution in [0.2, 0.25) is 0 Å². The van der Waals surface area contributed by atoms with E-state index in [9.17, 15) is 23.9 Å². The number of thioether (sulfide) groups is 1. The van der Waals surface area contributed by atoms with Crippen molar-refractivity contribution < 1.29 is 33.3 Å². The van der Waals surface area contributed by atoms with Crippen LogP contribution in [0.1, 0.15) is 5.69 Å². The van der Waals surface area contributed by atoms with Gasteiger partial charge in [0.1, 0.15) is 22.9 Å². The number of anilines is 1. The van der Waals surface area contributed by atoms with Gasteiger partial charge in [-0.15, -0.1) is 34.4 Å². The van der Waals surface area contributed by atoms with Crippen LogP contribution in [0, 0.1) is 0 Å². The first kappa shape index (κ1) is 25.7. The second kappa shape index (κ2) is 10.8. The number of aromatic nitrogens is 3. The van der Waals surface area contributed by atoms with Crippen LogP contribution >= 0.6 is 34.4 Å². The Morgan fingerprint density at radius 1 is 1.42 bits per heavy atom. The lowest BCUT2D eigenvalue weighted by Gasteiger charge is -2.49. The lowest BCUT2D eigenvalue weighted by Crippen LogP contribution is -2.73. The molecular formula is C22H19FN7O5S3+. The number of nitrogen functional groups attached to an aromatic ring is 1. The highest BCUT2D eigenvalue weighted by Crippen LogP contribution is 2.39. The van der Waals surface area contributed by atoms with E-state index in [0.717, 1.165) is 21.6 Å². The van der Waals surface area contributed by atoms with Gasteiger partial charge in [0.2, 0.25) is 0 Å². The number of thiazole rings is 2. The lowest BCUT2D eigenvalue weighted by atomic mass is 9.94. The van der Waals surface area contributed by atoms with Gasteiger partial charge in [0.05, 0.1) is 16.3 Å². The number of pyridine rings is 1. The second-order valence-electron chi connectivity index (χ2n) is 7.95. The average molecular weight is 577 g/mol. The molecule has 3 aromatic heterocycles. The van der Waals surface area contributed by atoms with E-state index < -0.39 is 36.7 Å². The Labute approximate surface area is 226 Å². The molecule has 0 spiro atoms. The maximum absolute atomic E-state index is 13.0. The van der Waals surface area contributed by atoms with Gasteiger partial charge in [-0.2, -0.15) is 4.57 Å². The summed E-state index contributed by atoms with van der Waals surface area (Å²) in [6, 6.07) is 0.367. The zero-order valence-electron chi connectivity index (χ0n) is 19.3. The molecule has 196 valence electrons. The first-order valence-corrected chi connectivity index (χ1v) is 13.7. The SMILES string of the molecule is Nc1nc(C(=NOCF)C(=O)NC2C(=O)N3C(C(=O)O)=C(/C=C/C[n+]4ccc5scnc5c4)SCC23)cs1. The molecule has 2 amide bonds. The van der Waals surface area contributed by atoms with Crippen LogP contribution in [0.5, 0.6) is 0 Å². The molecule has 0 aromatic carbocycles. The van der Waals surface area contributed by atoms with Crippen LogP contribution in [-0.2, 0) is 25.8 Å². The van der Waals surface area contributed by atoms with E-state index in [1.807, 2.05) is 23.0 Å². The minimum absolute atomic E-state index is 0.0606. The Hall–Kier alpha value is -3.89. The molecule has 2 unspecified atom stereocenters. The number of nitrogens with two attached hydrogens (primary N) is 1. The molecule has 4 N–H and O–H groups in total. The Morgan fingerprint density at radius 2 is 2.26 bits per heavy atom. The Bertz CT molecular complexity index is 1520. The quantitative estimate of drug-likeness (QED) is 0.147. The lowest BCUT2D eigenvalue weighted by molar-refractivity contribution is -0.685. The van der Waals surface area contributed by atoms with Gasteiger partial charge in [0.25, 0.3) is 18.7 Å². The normalized spacial score (nSPS) is 19.6. The largest absolute Gasteiger partial charge is 0.477 e. The molecule has 38 heavy (non-hydrogen) atoms. The third-order valence-corrected chi connectivity index (χ3v) is 8.32. The van der Waals surface area contributed by atoms with E-state index in [2.05, 4.69) is 25.3 Å². The van der Waals surface area contributed by atoms with Crippen molar-refractivity contribution in [1.82, 2.24) is 20.2 Å². The van der Waals surface area contributed by atoms with Crippen molar-refractivity contribution in [3.05, 3.63) is 57.8 Å². The van der Waals surface area contributed by atoms with Gasteiger partial charge in [-0.25, -0.2) is 19.2 Å². The van der Waals surface area contributed by atoms with Gasteiger partial charge in [-0.3, -0.25) is 14.5 Å². The van der Waals surface area contributed by atoms with Crippen molar-refractivity contribution in [2.24, 2.45) is 5.16 Å². The van der Waals surface area contributed by atoms with E-state index >= 15 is 0 Å². The minimum atomic E-state index is -1.27. The number of alkyl halides is 1. The molecule has 3 aromatic rings. The van der Waals surface area contributed by atoms with Crippen LogP contribution < -0.4 is 15.6 Å². The third-order valence-electron chi connectivity index (χ3n) is 5.69. The molecule has 2 atom stereocenters. The first-order chi connectivity index (χ1) is 18.4. The Morgan fingerprint density at radius 3 is 3.00 bits per heavy atom. The van der Waals surface area contributed by atoms with E-state index in [4.69, 9.17) is 5.73 Å². The van der Waals surface area contributed by atoms with Crippen LogP contribution in [0.25, 0.3) is 10.2 Å². The molecule has 2 aliphatic rings. The van der Waals surface area contributed by atoms with Gasteiger partial charge in [-0.1, -0.05) is 5.16 Å². The van der Waals surface area contributed by atoms with Crippen molar-refractivity contribution in [2.45, 2.75) is 18.6 Å².